The average molecular weight is 560 g/mol. The van der Waals surface area contributed by atoms with Gasteiger partial charge in [-0.05, 0) is 59.5 Å². The zero-order valence-electron chi connectivity index (χ0n) is 22.1. The fraction of sp³-hybridized carbons (Fsp3) is 0.233. The first-order chi connectivity index (χ1) is 19.3. The summed E-state index contributed by atoms with van der Waals surface area (Å²) in [6, 6.07) is 16.1. The molecule has 3 amide bonds. The number of imidazole rings is 1. The van der Waals surface area contributed by atoms with E-state index in [9.17, 15) is 14.0 Å². The molecule has 8 nitrogen and oxygen atoms in total. The number of aryl methyl sites for hydroxylation is 1. The van der Waals surface area contributed by atoms with Crippen LogP contribution in [0.4, 0.5) is 15.0 Å². The van der Waals surface area contributed by atoms with Crippen molar-refractivity contribution in [3.8, 4) is 22.9 Å². The lowest BCUT2D eigenvalue weighted by molar-refractivity contribution is -0.120. The SMILES string of the molecule is Cc1cc(Oc2c(F)cccc2Cl)ccc1CN1Cc2ccc(-c3ncc(N4CCC(=O)NC4=O)n3C)cc2C1. The molecule has 1 aromatic heterocycles. The largest absolute Gasteiger partial charge is 0.453 e. The number of nitrogens with one attached hydrogen (secondary N) is 1. The van der Waals surface area contributed by atoms with Gasteiger partial charge in [0.05, 0.1) is 11.2 Å². The topological polar surface area (TPSA) is 79.7 Å². The number of rotatable bonds is 6. The van der Waals surface area contributed by atoms with E-state index in [4.69, 9.17) is 16.3 Å². The molecule has 1 fully saturated rings. The number of nitrogens with zero attached hydrogens (tertiary/aromatic N) is 4. The van der Waals surface area contributed by atoms with Crippen LogP contribution in [-0.4, -0.2) is 32.9 Å². The number of carbonyl (C=O) groups excluding carboxylic acids is 2. The third-order valence-electron chi connectivity index (χ3n) is 7.39. The van der Waals surface area contributed by atoms with Crippen molar-refractivity contribution in [2.24, 2.45) is 7.05 Å². The molecule has 0 atom stereocenters. The van der Waals surface area contributed by atoms with E-state index in [-0.39, 0.29) is 23.1 Å². The van der Waals surface area contributed by atoms with E-state index in [2.05, 4.69) is 33.4 Å². The lowest BCUT2D eigenvalue weighted by atomic mass is 10.1. The maximum atomic E-state index is 14.1. The van der Waals surface area contributed by atoms with Gasteiger partial charge in [0.25, 0.3) is 0 Å². The lowest BCUT2D eigenvalue weighted by Crippen LogP contribution is -2.50. The van der Waals surface area contributed by atoms with Gasteiger partial charge in [0.1, 0.15) is 17.4 Å². The van der Waals surface area contributed by atoms with E-state index in [1.54, 1.807) is 18.3 Å². The number of fused-ring (bicyclic) bond motifs is 1. The third kappa shape index (κ3) is 4.94. The highest BCUT2D eigenvalue weighted by atomic mass is 35.5. The van der Waals surface area contributed by atoms with Gasteiger partial charge in [-0.3, -0.25) is 19.9 Å². The fourth-order valence-electron chi connectivity index (χ4n) is 5.27. The van der Waals surface area contributed by atoms with Gasteiger partial charge in [-0.25, -0.2) is 14.2 Å². The van der Waals surface area contributed by atoms with Crippen LogP contribution in [0, 0.1) is 12.7 Å². The molecule has 1 N–H and O–H groups in total. The number of amides is 3. The van der Waals surface area contributed by atoms with Crippen LogP contribution in [0.3, 0.4) is 0 Å². The van der Waals surface area contributed by atoms with Crippen molar-refractivity contribution < 1.29 is 18.7 Å². The number of urea groups is 1. The van der Waals surface area contributed by atoms with Crippen molar-refractivity contribution in [1.82, 2.24) is 19.8 Å². The van der Waals surface area contributed by atoms with E-state index in [0.717, 1.165) is 42.1 Å². The number of carbonyl (C=O) groups is 2. The molecule has 0 aliphatic carbocycles. The summed E-state index contributed by atoms with van der Waals surface area (Å²) >= 11 is 6.11. The minimum atomic E-state index is -0.501. The highest BCUT2D eigenvalue weighted by molar-refractivity contribution is 6.32. The van der Waals surface area contributed by atoms with Crippen molar-refractivity contribution in [2.45, 2.75) is 33.0 Å². The van der Waals surface area contributed by atoms with Gasteiger partial charge < -0.3 is 9.30 Å². The fourth-order valence-corrected chi connectivity index (χ4v) is 5.47. The maximum Gasteiger partial charge on any atom is 0.329 e. The summed E-state index contributed by atoms with van der Waals surface area (Å²) in [4.78, 5) is 32.3. The standard InChI is InChI=1S/C30H27ClFN5O3/c1-18-12-23(40-28-24(31)4-3-5-25(28)32)9-8-20(18)15-36-16-21-7-6-19(13-22(21)17-36)29-33-14-27(35(29)2)37-11-10-26(38)34-30(37)39/h3-9,12-14H,10-11,15-17H2,1-2H3,(H,34,38,39). The summed E-state index contributed by atoms with van der Waals surface area (Å²) in [6.07, 6.45) is 1.93. The highest BCUT2D eigenvalue weighted by Crippen LogP contribution is 2.34. The minimum absolute atomic E-state index is 0.0243. The number of halogens is 2. The van der Waals surface area contributed by atoms with E-state index >= 15 is 0 Å². The lowest BCUT2D eigenvalue weighted by Gasteiger charge is -2.26. The van der Waals surface area contributed by atoms with Crippen LogP contribution in [0.15, 0.2) is 60.8 Å². The average Bonchev–Trinajstić information content (AvgIpc) is 3.50. The van der Waals surface area contributed by atoms with Crippen LogP contribution in [-0.2, 0) is 31.5 Å². The van der Waals surface area contributed by atoms with E-state index in [1.807, 2.05) is 36.7 Å². The molecular weight excluding hydrogens is 533 g/mol. The van der Waals surface area contributed by atoms with Crippen molar-refractivity contribution in [1.29, 1.82) is 0 Å². The smallest absolute Gasteiger partial charge is 0.329 e. The molecule has 4 aromatic rings. The Balaban J connectivity index is 1.15. The first-order valence-electron chi connectivity index (χ1n) is 13.0. The first-order valence-corrected chi connectivity index (χ1v) is 13.3. The summed E-state index contributed by atoms with van der Waals surface area (Å²) in [5.74, 6) is 1.18. The number of imide groups is 1. The molecule has 10 heteroatoms. The number of para-hydroxylation sites is 1. The Morgan fingerprint density at radius 3 is 2.67 bits per heavy atom. The molecule has 3 heterocycles. The van der Waals surface area contributed by atoms with Gasteiger partial charge in [0.15, 0.2) is 11.6 Å². The molecule has 40 heavy (non-hydrogen) atoms. The zero-order chi connectivity index (χ0) is 28.0. The molecule has 6 rings (SSSR count). The van der Waals surface area contributed by atoms with Crippen molar-refractivity contribution in [2.75, 3.05) is 11.4 Å². The Morgan fingerprint density at radius 2 is 1.90 bits per heavy atom. The summed E-state index contributed by atoms with van der Waals surface area (Å²) < 4.78 is 21.8. The Morgan fingerprint density at radius 1 is 1.07 bits per heavy atom. The Kier molecular flexibility index (Phi) is 6.77. The number of anilines is 1. The van der Waals surface area contributed by atoms with Crippen LogP contribution in [0.2, 0.25) is 5.02 Å². The zero-order valence-corrected chi connectivity index (χ0v) is 22.8. The highest BCUT2D eigenvalue weighted by Gasteiger charge is 2.28. The number of hydrogen-bond donors (Lipinski definition) is 1. The van der Waals surface area contributed by atoms with E-state index in [1.165, 1.54) is 22.1 Å². The second-order valence-electron chi connectivity index (χ2n) is 10.1. The molecule has 1 saturated heterocycles. The Hall–Kier alpha value is -4.21. The van der Waals surface area contributed by atoms with Gasteiger partial charge in [0.2, 0.25) is 5.91 Å². The second-order valence-corrected chi connectivity index (χ2v) is 10.5. The van der Waals surface area contributed by atoms with E-state index < -0.39 is 11.8 Å². The van der Waals surface area contributed by atoms with Gasteiger partial charge in [-0.1, -0.05) is 35.9 Å². The van der Waals surface area contributed by atoms with Crippen LogP contribution >= 0.6 is 11.6 Å². The van der Waals surface area contributed by atoms with Crippen molar-refractivity contribution >= 4 is 29.4 Å². The number of benzene rings is 3. The van der Waals surface area contributed by atoms with E-state index in [0.29, 0.717) is 18.1 Å². The maximum absolute atomic E-state index is 14.1. The number of aromatic nitrogens is 2. The van der Waals surface area contributed by atoms with Crippen LogP contribution < -0.4 is 15.0 Å². The van der Waals surface area contributed by atoms with Crippen LogP contribution in [0.5, 0.6) is 11.5 Å². The Bertz CT molecular complexity index is 1630. The third-order valence-corrected chi connectivity index (χ3v) is 7.69. The van der Waals surface area contributed by atoms with Gasteiger partial charge in [0, 0.05) is 45.2 Å². The number of hydrogen-bond acceptors (Lipinski definition) is 5. The van der Waals surface area contributed by atoms with Crippen LogP contribution in [0.1, 0.15) is 28.7 Å². The summed E-state index contributed by atoms with van der Waals surface area (Å²) in [5, 5.41) is 2.59. The molecule has 0 bridgehead atoms. The molecule has 0 unspecified atom stereocenters. The summed E-state index contributed by atoms with van der Waals surface area (Å²) in [6.45, 7) is 4.72. The van der Waals surface area contributed by atoms with Gasteiger partial charge in [-0.2, -0.15) is 0 Å². The molecule has 204 valence electrons. The molecule has 2 aliphatic rings. The van der Waals surface area contributed by atoms with Gasteiger partial charge >= 0.3 is 6.03 Å². The Labute approximate surface area is 235 Å². The van der Waals surface area contributed by atoms with Crippen LogP contribution in [0.25, 0.3) is 11.4 Å². The number of ether oxygens (including phenoxy) is 1. The predicted molar refractivity (Wildman–Crippen MR) is 150 cm³/mol. The quantitative estimate of drug-likeness (QED) is 0.316. The molecule has 0 saturated carbocycles. The summed E-state index contributed by atoms with van der Waals surface area (Å²) in [5.41, 5.74) is 5.67. The molecule has 3 aromatic carbocycles. The molecule has 0 spiro atoms. The normalized spacial score (nSPS) is 15.3. The first kappa shape index (κ1) is 26.0. The molecule has 0 radical (unpaired) electrons. The minimum Gasteiger partial charge on any atom is -0.453 e. The molecular formula is C30H27ClFN5O3. The van der Waals surface area contributed by atoms with Gasteiger partial charge in [-0.15, -0.1) is 0 Å². The summed E-state index contributed by atoms with van der Waals surface area (Å²) in [7, 11) is 1.87. The molecule has 2 aliphatic heterocycles. The monoisotopic (exact) mass is 559 g/mol. The second kappa shape index (κ2) is 10.4. The van der Waals surface area contributed by atoms with Crippen molar-refractivity contribution in [3.05, 3.63) is 93.9 Å². The predicted octanol–water partition coefficient (Wildman–Crippen LogP) is 5.94. The van der Waals surface area contributed by atoms with Crippen molar-refractivity contribution in [3.63, 3.8) is 0 Å².